The Hall–Kier alpha value is -0.960. The summed E-state index contributed by atoms with van der Waals surface area (Å²) in [7, 11) is 0. The third kappa shape index (κ3) is 3.56. The molecule has 0 saturated carbocycles. The molecule has 0 amide bonds. The van der Waals surface area contributed by atoms with Crippen molar-refractivity contribution in [3.63, 3.8) is 0 Å². The molecule has 0 aliphatic heterocycles. The third-order valence-electron chi connectivity index (χ3n) is 2.49. The number of hydrogen-bond acceptors (Lipinski definition) is 2. The molecule has 0 heterocycles. The number of anilines is 2. The van der Waals surface area contributed by atoms with Gasteiger partial charge in [0.1, 0.15) is 5.82 Å². The second-order valence-corrected chi connectivity index (χ2v) is 4.45. The Labute approximate surface area is 101 Å². The minimum Gasteiger partial charge on any atom is -0.397 e. The smallest absolute Gasteiger partial charge is 0.143 e. The molecule has 0 saturated heterocycles. The van der Waals surface area contributed by atoms with Crippen LogP contribution in [0.5, 0.6) is 0 Å². The zero-order valence-corrected chi connectivity index (χ0v) is 10.4. The van der Waals surface area contributed by atoms with Gasteiger partial charge in [-0.2, -0.15) is 0 Å². The Kier molecular flexibility index (Phi) is 4.87. The van der Waals surface area contributed by atoms with Crippen molar-refractivity contribution in [2.24, 2.45) is 0 Å². The summed E-state index contributed by atoms with van der Waals surface area (Å²) in [6.45, 7) is 4.20. The fourth-order valence-electron chi connectivity index (χ4n) is 1.54. The number of rotatable bonds is 5. The Balaban J connectivity index is 2.69. The summed E-state index contributed by atoms with van der Waals surface area (Å²) in [5.41, 5.74) is 6.85. The monoisotopic (exact) mass is 244 g/mol. The zero-order valence-electron chi connectivity index (χ0n) is 9.69. The van der Waals surface area contributed by atoms with Crippen LogP contribution < -0.4 is 11.1 Å². The maximum atomic E-state index is 13.2. The highest BCUT2D eigenvalue weighted by Gasteiger charge is 2.08. The molecule has 0 aliphatic carbocycles. The molecule has 0 spiro atoms. The van der Waals surface area contributed by atoms with E-state index in [-0.39, 0.29) is 11.1 Å². The Bertz CT molecular complexity index is 355. The first-order chi connectivity index (χ1) is 7.54. The number of nitrogens with one attached hydrogen (secondary N) is 1. The summed E-state index contributed by atoms with van der Waals surface area (Å²) in [5, 5.41) is 3.25. The highest BCUT2D eigenvalue weighted by atomic mass is 35.5. The van der Waals surface area contributed by atoms with Gasteiger partial charge in [-0.05, 0) is 19.4 Å². The molecular formula is C12H18ClFN2. The molecule has 90 valence electrons. The quantitative estimate of drug-likeness (QED) is 0.767. The largest absolute Gasteiger partial charge is 0.397 e. The molecule has 4 heteroatoms. The summed E-state index contributed by atoms with van der Waals surface area (Å²) in [6.07, 6.45) is 3.33. The van der Waals surface area contributed by atoms with Crippen molar-refractivity contribution in [3.05, 3.63) is 23.0 Å². The second-order valence-electron chi connectivity index (χ2n) is 4.04. The van der Waals surface area contributed by atoms with Crippen LogP contribution in [0.2, 0.25) is 5.02 Å². The van der Waals surface area contributed by atoms with Crippen molar-refractivity contribution >= 4 is 23.0 Å². The van der Waals surface area contributed by atoms with Crippen molar-refractivity contribution in [1.82, 2.24) is 0 Å². The van der Waals surface area contributed by atoms with E-state index in [0.29, 0.717) is 11.4 Å². The van der Waals surface area contributed by atoms with Crippen LogP contribution in [-0.2, 0) is 0 Å². The topological polar surface area (TPSA) is 38.0 Å². The van der Waals surface area contributed by atoms with E-state index in [1.165, 1.54) is 12.1 Å². The van der Waals surface area contributed by atoms with E-state index in [1.807, 2.05) is 0 Å². The molecule has 0 fully saturated rings. The Morgan fingerprint density at radius 1 is 1.50 bits per heavy atom. The lowest BCUT2D eigenvalue weighted by atomic mass is 10.1. The van der Waals surface area contributed by atoms with Crippen molar-refractivity contribution in [2.75, 3.05) is 11.1 Å². The van der Waals surface area contributed by atoms with Crippen LogP contribution >= 0.6 is 11.6 Å². The number of benzene rings is 1. The molecule has 0 aliphatic rings. The van der Waals surface area contributed by atoms with Gasteiger partial charge in [0.05, 0.1) is 16.4 Å². The van der Waals surface area contributed by atoms with E-state index >= 15 is 0 Å². The molecule has 1 unspecified atom stereocenters. The molecule has 0 radical (unpaired) electrons. The molecular weight excluding hydrogens is 227 g/mol. The Morgan fingerprint density at radius 2 is 2.19 bits per heavy atom. The lowest BCUT2D eigenvalue weighted by molar-refractivity contribution is 0.625. The van der Waals surface area contributed by atoms with E-state index in [0.717, 1.165) is 19.3 Å². The lowest BCUT2D eigenvalue weighted by Crippen LogP contribution is -2.16. The van der Waals surface area contributed by atoms with Gasteiger partial charge in [0.25, 0.3) is 0 Å². The fourth-order valence-corrected chi connectivity index (χ4v) is 1.71. The molecule has 1 aromatic carbocycles. The van der Waals surface area contributed by atoms with Crippen LogP contribution in [0.15, 0.2) is 12.1 Å². The highest BCUT2D eigenvalue weighted by Crippen LogP contribution is 2.27. The molecule has 1 aromatic rings. The van der Waals surface area contributed by atoms with Crippen LogP contribution in [-0.4, -0.2) is 6.04 Å². The summed E-state index contributed by atoms with van der Waals surface area (Å²) in [4.78, 5) is 0. The van der Waals surface area contributed by atoms with Crippen LogP contribution in [0, 0.1) is 5.82 Å². The van der Waals surface area contributed by atoms with Gasteiger partial charge in [-0.15, -0.1) is 0 Å². The third-order valence-corrected chi connectivity index (χ3v) is 2.77. The van der Waals surface area contributed by atoms with Crippen LogP contribution in [0.4, 0.5) is 15.8 Å². The maximum absolute atomic E-state index is 13.2. The van der Waals surface area contributed by atoms with E-state index in [4.69, 9.17) is 17.3 Å². The van der Waals surface area contributed by atoms with Gasteiger partial charge in [-0.3, -0.25) is 0 Å². The number of nitrogen functional groups attached to an aromatic ring is 1. The van der Waals surface area contributed by atoms with E-state index in [2.05, 4.69) is 19.2 Å². The lowest BCUT2D eigenvalue weighted by Gasteiger charge is -2.16. The molecule has 0 aromatic heterocycles. The van der Waals surface area contributed by atoms with Gasteiger partial charge in [-0.25, -0.2) is 4.39 Å². The summed E-state index contributed by atoms with van der Waals surface area (Å²) in [6, 6.07) is 3.06. The van der Waals surface area contributed by atoms with E-state index in [9.17, 15) is 4.39 Å². The number of unbranched alkanes of at least 4 members (excludes halogenated alkanes) is 1. The molecule has 1 atom stereocenters. The van der Waals surface area contributed by atoms with Crippen LogP contribution in [0.1, 0.15) is 33.1 Å². The standard InChI is InChI=1S/C12H18ClFN2/c1-3-4-5-8(2)16-12-7-10(14)9(13)6-11(12)15/h6-8,16H,3-5,15H2,1-2H3. The summed E-state index contributed by atoms with van der Waals surface area (Å²) < 4.78 is 13.2. The molecule has 1 rings (SSSR count). The SMILES string of the molecule is CCCCC(C)Nc1cc(F)c(Cl)cc1N. The van der Waals surface area contributed by atoms with Crippen molar-refractivity contribution in [3.8, 4) is 0 Å². The van der Waals surface area contributed by atoms with Crippen molar-refractivity contribution in [1.29, 1.82) is 0 Å². The predicted octanol–water partition coefficient (Wildman–Crippen LogP) is 4.05. The molecule has 3 N–H and O–H groups in total. The van der Waals surface area contributed by atoms with E-state index in [1.54, 1.807) is 0 Å². The van der Waals surface area contributed by atoms with Gasteiger partial charge in [0.15, 0.2) is 0 Å². The number of hydrogen-bond donors (Lipinski definition) is 2. The van der Waals surface area contributed by atoms with E-state index < -0.39 is 5.82 Å². The van der Waals surface area contributed by atoms with Gasteiger partial charge in [0.2, 0.25) is 0 Å². The van der Waals surface area contributed by atoms with Gasteiger partial charge >= 0.3 is 0 Å². The maximum Gasteiger partial charge on any atom is 0.143 e. The average molecular weight is 245 g/mol. The minimum atomic E-state index is -0.443. The van der Waals surface area contributed by atoms with Crippen LogP contribution in [0.3, 0.4) is 0 Å². The fraction of sp³-hybridized carbons (Fsp3) is 0.500. The zero-order chi connectivity index (χ0) is 12.1. The van der Waals surface area contributed by atoms with Crippen molar-refractivity contribution < 1.29 is 4.39 Å². The first-order valence-electron chi connectivity index (χ1n) is 5.55. The summed E-state index contributed by atoms with van der Waals surface area (Å²) >= 11 is 5.62. The van der Waals surface area contributed by atoms with Crippen molar-refractivity contribution in [2.45, 2.75) is 39.2 Å². The van der Waals surface area contributed by atoms with Gasteiger partial charge < -0.3 is 11.1 Å². The van der Waals surface area contributed by atoms with Gasteiger partial charge in [-0.1, -0.05) is 31.4 Å². The predicted molar refractivity (Wildman–Crippen MR) is 68.4 cm³/mol. The van der Waals surface area contributed by atoms with Gasteiger partial charge in [0, 0.05) is 12.1 Å². The first kappa shape index (κ1) is 13.1. The normalized spacial score (nSPS) is 12.5. The Morgan fingerprint density at radius 3 is 2.81 bits per heavy atom. The minimum absolute atomic E-state index is 0.0595. The average Bonchev–Trinajstić information content (AvgIpc) is 2.23. The highest BCUT2D eigenvalue weighted by molar-refractivity contribution is 6.31. The summed E-state index contributed by atoms with van der Waals surface area (Å²) in [5.74, 6) is -0.443. The molecule has 2 nitrogen and oxygen atoms in total. The second kappa shape index (κ2) is 5.94. The number of halogens is 2. The number of nitrogens with two attached hydrogens (primary N) is 1. The first-order valence-corrected chi connectivity index (χ1v) is 5.93. The van der Waals surface area contributed by atoms with Crippen LogP contribution in [0.25, 0.3) is 0 Å². The molecule has 0 bridgehead atoms. The molecule has 16 heavy (non-hydrogen) atoms.